The molecule has 1 aromatic heterocycles. The van der Waals surface area contributed by atoms with Crippen molar-refractivity contribution in [3.63, 3.8) is 0 Å². The van der Waals surface area contributed by atoms with Gasteiger partial charge in [-0.3, -0.25) is 5.01 Å². The van der Waals surface area contributed by atoms with Crippen LogP contribution in [0.1, 0.15) is 16.2 Å². The molecule has 0 aliphatic carbocycles. The molecule has 0 aliphatic rings. The fourth-order valence-electron chi connectivity index (χ4n) is 1.18. The first kappa shape index (κ1) is 12.0. The minimum absolute atomic E-state index is 0.156. The summed E-state index contributed by atoms with van der Waals surface area (Å²) in [6, 6.07) is 3.42. The molecular weight excluding hydrogens is 208 g/mol. The maximum absolute atomic E-state index is 11.5. The topological polar surface area (TPSA) is 94.5 Å². The van der Waals surface area contributed by atoms with Crippen molar-refractivity contribution in [3.05, 3.63) is 35.9 Å². The maximum atomic E-state index is 11.5. The first-order chi connectivity index (χ1) is 7.60. The number of hydrogen-bond acceptors (Lipinski definition) is 6. The highest BCUT2D eigenvalue weighted by Crippen LogP contribution is 2.17. The second-order valence-corrected chi connectivity index (χ2v) is 3.06. The number of rotatable bonds is 3. The monoisotopic (exact) mass is 222 g/mol. The van der Waals surface area contributed by atoms with Crippen LogP contribution in [0, 0.1) is 6.92 Å². The Balaban J connectivity index is 3.22. The van der Waals surface area contributed by atoms with Crippen molar-refractivity contribution in [1.29, 1.82) is 0 Å². The predicted molar refractivity (Wildman–Crippen MR) is 60.3 cm³/mol. The van der Waals surface area contributed by atoms with Gasteiger partial charge in [-0.05, 0) is 19.1 Å². The van der Waals surface area contributed by atoms with Gasteiger partial charge in [0.2, 0.25) is 0 Å². The lowest BCUT2D eigenvalue weighted by Gasteiger charge is -2.16. The number of carbonyl (C=O) groups is 1. The van der Waals surface area contributed by atoms with Crippen molar-refractivity contribution < 1.29 is 9.53 Å². The lowest BCUT2D eigenvalue weighted by molar-refractivity contribution is 0.0594. The summed E-state index contributed by atoms with van der Waals surface area (Å²) in [7, 11) is 1.29. The quantitative estimate of drug-likeness (QED) is 0.433. The zero-order chi connectivity index (χ0) is 12.1. The van der Waals surface area contributed by atoms with Gasteiger partial charge < -0.3 is 10.5 Å². The van der Waals surface area contributed by atoms with Crippen LogP contribution in [0.3, 0.4) is 0 Å². The summed E-state index contributed by atoms with van der Waals surface area (Å²) >= 11 is 0. The number of methoxy groups -OCH3 is 1. The molecular formula is C10H14N4O2. The summed E-state index contributed by atoms with van der Waals surface area (Å²) in [4.78, 5) is 15.5. The molecule has 16 heavy (non-hydrogen) atoms. The Kier molecular flexibility index (Phi) is 3.84. The number of carbonyl (C=O) groups excluding carboxylic acids is 1. The van der Waals surface area contributed by atoms with E-state index in [0.29, 0.717) is 11.4 Å². The Morgan fingerprint density at radius 3 is 2.81 bits per heavy atom. The molecule has 0 aliphatic heterocycles. The van der Waals surface area contributed by atoms with Crippen molar-refractivity contribution in [1.82, 2.24) is 4.98 Å². The van der Waals surface area contributed by atoms with Crippen LogP contribution in [0.5, 0.6) is 0 Å². The number of aryl methyl sites for hydroxylation is 1. The third-order valence-corrected chi connectivity index (χ3v) is 1.92. The SMILES string of the molecule is COC(=O)c1nc(C)ccc1N(N)/C=C\N. The average molecular weight is 222 g/mol. The number of anilines is 1. The Morgan fingerprint density at radius 1 is 1.56 bits per heavy atom. The van der Waals surface area contributed by atoms with Crippen LogP contribution in [0.25, 0.3) is 0 Å². The van der Waals surface area contributed by atoms with Crippen LogP contribution in [-0.2, 0) is 4.74 Å². The highest BCUT2D eigenvalue weighted by molar-refractivity contribution is 5.93. The molecule has 0 amide bonds. The molecule has 6 nitrogen and oxygen atoms in total. The van der Waals surface area contributed by atoms with Gasteiger partial charge in [0.15, 0.2) is 5.69 Å². The van der Waals surface area contributed by atoms with Crippen LogP contribution >= 0.6 is 0 Å². The molecule has 0 spiro atoms. The number of esters is 1. The molecule has 0 atom stereocenters. The number of pyridine rings is 1. The second kappa shape index (κ2) is 5.13. The second-order valence-electron chi connectivity index (χ2n) is 3.06. The van der Waals surface area contributed by atoms with Crippen molar-refractivity contribution in [2.45, 2.75) is 6.92 Å². The maximum Gasteiger partial charge on any atom is 0.358 e. The van der Waals surface area contributed by atoms with Crippen LogP contribution in [0.2, 0.25) is 0 Å². The summed E-state index contributed by atoms with van der Waals surface area (Å²) in [6.45, 7) is 1.77. The number of ether oxygens (including phenoxy) is 1. The van der Waals surface area contributed by atoms with Gasteiger partial charge in [-0.2, -0.15) is 0 Å². The first-order valence-corrected chi connectivity index (χ1v) is 4.58. The molecule has 0 saturated heterocycles. The molecule has 1 aromatic rings. The van der Waals surface area contributed by atoms with E-state index in [1.165, 1.54) is 24.5 Å². The molecule has 0 bridgehead atoms. The Morgan fingerprint density at radius 2 is 2.25 bits per heavy atom. The molecule has 86 valence electrons. The molecule has 1 heterocycles. The summed E-state index contributed by atoms with van der Waals surface area (Å²) < 4.78 is 4.62. The Labute approximate surface area is 93.5 Å². The normalized spacial score (nSPS) is 10.4. The number of nitrogens with zero attached hydrogens (tertiary/aromatic N) is 2. The minimum atomic E-state index is -0.542. The molecule has 1 rings (SSSR count). The largest absolute Gasteiger partial charge is 0.464 e. The van der Waals surface area contributed by atoms with Gasteiger partial charge in [-0.15, -0.1) is 0 Å². The highest BCUT2D eigenvalue weighted by atomic mass is 16.5. The van der Waals surface area contributed by atoms with E-state index in [-0.39, 0.29) is 5.69 Å². The van der Waals surface area contributed by atoms with Crippen LogP contribution in [0.15, 0.2) is 24.5 Å². The van der Waals surface area contributed by atoms with Gasteiger partial charge >= 0.3 is 5.97 Å². The van der Waals surface area contributed by atoms with Crippen molar-refractivity contribution in [2.24, 2.45) is 11.6 Å². The van der Waals surface area contributed by atoms with Crippen LogP contribution < -0.4 is 16.6 Å². The molecule has 0 saturated carbocycles. The molecule has 6 heteroatoms. The minimum Gasteiger partial charge on any atom is -0.464 e. The highest BCUT2D eigenvalue weighted by Gasteiger charge is 2.16. The van der Waals surface area contributed by atoms with E-state index >= 15 is 0 Å². The molecule has 0 fully saturated rings. The lowest BCUT2D eigenvalue weighted by atomic mass is 10.2. The van der Waals surface area contributed by atoms with Crippen molar-refractivity contribution >= 4 is 11.7 Å². The lowest BCUT2D eigenvalue weighted by Crippen LogP contribution is -2.27. The number of hydrogen-bond donors (Lipinski definition) is 2. The zero-order valence-electron chi connectivity index (χ0n) is 9.18. The number of nitrogens with two attached hydrogens (primary N) is 2. The van der Waals surface area contributed by atoms with Gasteiger partial charge in [0.1, 0.15) is 0 Å². The molecule has 0 radical (unpaired) electrons. The fraction of sp³-hybridized carbons (Fsp3) is 0.200. The van der Waals surface area contributed by atoms with Crippen LogP contribution in [0.4, 0.5) is 5.69 Å². The van der Waals surface area contributed by atoms with E-state index in [1.54, 1.807) is 19.1 Å². The average Bonchev–Trinajstić information content (AvgIpc) is 2.28. The van der Waals surface area contributed by atoms with E-state index in [1.807, 2.05) is 0 Å². The fourth-order valence-corrected chi connectivity index (χ4v) is 1.18. The smallest absolute Gasteiger partial charge is 0.358 e. The van der Waals surface area contributed by atoms with Gasteiger partial charge in [-0.25, -0.2) is 15.6 Å². The van der Waals surface area contributed by atoms with Gasteiger partial charge in [0.25, 0.3) is 0 Å². The van der Waals surface area contributed by atoms with Crippen molar-refractivity contribution in [2.75, 3.05) is 12.1 Å². The zero-order valence-corrected chi connectivity index (χ0v) is 9.18. The van der Waals surface area contributed by atoms with Crippen molar-refractivity contribution in [3.8, 4) is 0 Å². The predicted octanol–water partition coefficient (Wildman–Crippen LogP) is 0.287. The van der Waals surface area contributed by atoms with Crippen LogP contribution in [-0.4, -0.2) is 18.1 Å². The Bertz CT molecular complexity index is 417. The summed E-state index contributed by atoms with van der Waals surface area (Å²) in [5.41, 5.74) is 6.50. The Hall–Kier alpha value is -2.08. The molecule has 4 N–H and O–H groups in total. The summed E-state index contributed by atoms with van der Waals surface area (Å²) in [6.07, 6.45) is 2.68. The summed E-state index contributed by atoms with van der Waals surface area (Å²) in [5.74, 6) is 5.13. The van der Waals surface area contributed by atoms with Gasteiger partial charge in [0.05, 0.1) is 12.8 Å². The third-order valence-electron chi connectivity index (χ3n) is 1.92. The van der Waals surface area contributed by atoms with Gasteiger partial charge in [-0.1, -0.05) is 0 Å². The van der Waals surface area contributed by atoms with Gasteiger partial charge in [0, 0.05) is 18.1 Å². The molecule has 0 unspecified atom stereocenters. The van der Waals surface area contributed by atoms with E-state index in [9.17, 15) is 4.79 Å². The summed E-state index contributed by atoms with van der Waals surface area (Å²) in [5, 5.41) is 1.21. The first-order valence-electron chi connectivity index (χ1n) is 4.58. The van der Waals surface area contributed by atoms with E-state index < -0.39 is 5.97 Å². The van der Waals surface area contributed by atoms with E-state index in [4.69, 9.17) is 11.6 Å². The standard InChI is InChI=1S/C10H14N4O2/c1-7-3-4-8(14(12)6-5-11)9(13-7)10(15)16-2/h3-6H,11-12H2,1-2H3/b6-5-. The van der Waals surface area contributed by atoms with E-state index in [0.717, 1.165) is 0 Å². The third kappa shape index (κ3) is 2.48. The molecule has 0 aromatic carbocycles. The number of aromatic nitrogens is 1. The number of hydrazine groups is 1. The van der Waals surface area contributed by atoms with E-state index in [2.05, 4.69) is 9.72 Å².